The van der Waals surface area contributed by atoms with Crippen LogP contribution in [0.15, 0.2) is 22.8 Å². The maximum absolute atomic E-state index is 5.27. The van der Waals surface area contributed by atoms with Gasteiger partial charge < -0.3 is 0 Å². The van der Waals surface area contributed by atoms with Crippen LogP contribution in [0, 0.1) is 0 Å². The molecule has 9 heavy (non-hydrogen) atoms. The van der Waals surface area contributed by atoms with Crippen LogP contribution in [-0.4, -0.2) is 4.98 Å². The average Bonchev–Trinajstić information content (AvgIpc) is 1.88. The Morgan fingerprint density at radius 3 is 2.89 bits per heavy atom. The van der Waals surface area contributed by atoms with Crippen molar-refractivity contribution in [1.29, 1.82) is 0 Å². The molecule has 0 radical (unpaired) electrons. The molecule has 0 aromatic carbocycles. The quantitative estimate of drug-likeness (QED) is 0.716. The van der Waals surface area contributed by atoms with Gasteiger partial charge in [0.15, 0.2) is 0 Å². The van der Waals surface area contributed by atoms with Crippen LogP contribution >= 0.6 is 27.7 Å². The van der Waals surface area contributed by atoms with Gasteiger partial charge in [0, 0.05) is 22.4 Å². The first-order valence-corrected chi connectivity index (χ1v) is 3.48. The van der Waals surface area contributed by atoms with Gasteiger partial charge in [0.25, 0.3) is 0 Å². The SMILES string of the molecule is ClNc1cc(Br)ccn1. The summed E-state index contributed by atoms with van der Waals surface area (Å²) in [7, 11) is 0. The third-order valence-corrected chi connectivity index (χ3v) is 1.51. The molecule has 1 aromatic rings. The van der Waals surface area contributed by atoms with Gasteiger partial charge in [-0.15, -0.1) is 0 Å². The lowest BCUT2D eigenvalue weighted by Crippen LogP contribution is -1.82. The van der Waals surface area contributed by atoms with Gasteiger partial charge >= 0.3 is 0 Å². The zero-order valence-electron chi connectivity index (χ0n) is 4.44. The summed E-state index contributed by atoms with van der Waals surface area (Å²) in [4.78, 5) is 6.28. The Hall–Kier alpha value is -0.280. The van der Waals surface area contributed by atoms with Crippen molar-refractivity contribution in [1.82, 2.24) is 4.98 Å². The summed E-state index contributed by atoms with van der Waals surface area (Å²) in [5.74, 6) is 0.644. The van der Waals surface area contributed by atoms with E-state index in [4.69, 9.17) is 11.8 Å². The maximum atomic E-state index is 5.27. The number of pyridine rings is 1. The molecule has 0 amide bonds. The Balaban J connectivity index is 2.94. The van der Waals surface area contributed by atoms with Crippen molar-refractivity contribution >= 4 is 33.5 Å². The largest absolute Gasteiger partial charge is 0.283 e. The molecule has 0 aliphatic carbocycles. The molecule has 1 aromatic heterocycles. The fourth-order valence-corrected chi connectivity index (χ4v) is 0.895. The molecule has 1 N–H and O–H groups in total. The van der Waals surface area contributed by atoms with Crippen LogP contribution in [0.5, 0.6) is 0 Å². The standard InChI is InChI=1S/C5H4BrClN2/c6-4-1-2-8-5(3-4)9-7/h1-3H,(H,8,9). The number of anilines is 1. The minimum atomic E-state index is 0.644. The molecule has 0 fully saturated rings. The highest BCUT2D eigenvalue weighted by atomic mass is 79.9. The van der Waals surface area contributed by atoms with Crippen molar-refractivity contribution in [3.05, 3.63) is 22.8 Å². The van der Waals surface area contributed by atoms with Crippen molar-refractivity contribution in [2.75, 3.05) is 4.84 Å². The van der Waals surface area contributed by atoms with Crippen LogP contribution in [0.4, 0.5) is 5.82 Å². The van der Waals surface area contributed by atoms with E-state index in [1.54, 1.807) is 12.3 Å². The average molecular weight is 207 g/mol. The topological polar surface area (TPSA) is 24.9 Å². The highest BCUT2D eigenvalue weighted by Crippen LogP contribution is 2.12. The van der Waals surface area contributed by atoms with Gasteiger partial charge in [-0.05, 0) is 12.1 Å². The van der Waals surface area contributed by atoms with Gasteiger partial charge in [0.2, 0.25) is 0 Å². The predicted octanol–water partition coefficient (Wildman–Crippen LogP) is 2.41. The zero-order valence-corrected chi connectivity index (χ0v) is 6.78. The molecule has 48 valence electrons. The highest BCUT2D eigenvalue weighted by Gasteiger charge is 1.89. The number of halogens is 2. The Kier molecular flexibility index (Phi) is 2.30. The van der Waals surface area contributed by atoms with Crippen LogP contribution in [0.1, 0.15) is 0 Å². The molecule has 0 aliphatic heterocycles. The second kappa shape index (κ2) is 3.03. The number of nitrogens with zero attached hydrogens (tertiary/aromatic N) is 1. The molecule has 0 aliphatic rings. The number of rotatable bonds is 1. The van der Waals surface area contributed by atoms with E-state index < -0.39 is 0 Å². The van der Waals surface area contributed by atoms with E-state index in [2.05, 4.69) is 25.7 Å². The molecule has 0 unspecified atom stereocenters. The maximum Gasteiger partial charge on any atom is 0.141 e. The predicted molar refractivity (Wildman–Crippen MR) is 41.4 cm³/mol. The van der Waals surface area contributed by atoms with Crippen LogP contribution in [-0.2, 0) is 0 Å². The summed E-state index contributed by atoms with van der Waals surface area (Å²) in [6.07, 6.45) is 1.66. The molecule has 0 spiro atoms. The fraction of sp³-hybridized carbons (Fsp3) is 0. The number of hydrogen-bond acceptors (Lipinski definition) is 2. The molecule has 2 nitrogen and oxygen atoms in total. The van der Waals surface area contributed by atoms with Gasteiger partial charge in [-0.3, -0.25) is 4.84 Å². The van der Waals surface area contributed by atoms with Crippen molar-refractivity contribution in [3.63, 3.8) is 0 Å². The van der Waals surface area contributed by atoms with Crippen molar-refractivity contribution in [2.24, 2.45) is 0 Å². The lowest BCUT2D eigenvalue weighted by Gasteiger charge is -1.93. The Bertz CT molecular complexity index is 204. The van der Waals surface area contributed by atoms with Crippen LogP contribution in [0.25, 0.3) is 0 Å². The van der Waals surface area contributed by atoms with Crippen molar-refractivity contribution < 1.29 is 0 Å². The zero-order chi connectivity index (χ0) is 6.69. The van der Waals surface area contributed by atoms with E-state index in [-0.39, 0.29) is 0 Å². The normalized spacial score (nSPS) is 9.11. The van der Waals surface area contributed by atoms with Crippen LogP contribution < -0.4 is 4.84 Å². The first-order valence-electron chi connectivity index (χ1n) is 2.31. The van der Waals surface area contributed by atoms with Crippen LogP contribution in [0.3, 0.4) is 0 Å². The summed E-state index contributed by atoms with van der Waals surface area (Å²) in [5, 5.41) is 0. The van der Waals surface area contributed by atoms with Gasteiger partial charge in [-0.1, -0.05) is 15.9 Å². The molecule has 1 rings (SSSR count). The molecule has 4 heteroatoms. The number of nitrogens with one attached hydrogen (secondary N) is 1. The summed E-state index contributed by atoms with van der Waals surface area (Å²) < 4.78 is 0.959. The van der Waals surface area contributed by atoms with E-state index >= 15 is 0 Å². The van der Waals surface area contributed by atoms with Crippen LogP contribution in [0.2, 0.25) is 0 Å². The summed E-state index contributed by atoms with van der Waals surface area (Å²) in [6.45, 7) is 0. The van der Waals surface area contributed by atoms with E-state index in [9.17, 15) is 0 Å². The molecule has 0 saturated heterocycles. The summed E-state index contributed by atoms with van der Waals surface area (Å²) >= 11 is 8.53. The molecule has 0 saturated carbocycles. The van der Waals surface area contributed by atoms with Gasteiger partial charge in [0.1, 0.15) is 5.82 Å². The van der Waals surface area contributed by atoms with E-state index in [1.165, 1.54) is 0 Å². The Labute approximate surface area is 66.5 Å². The molecular formula is C5H4BrClN2. The van der Waals surface area contributed by atoms with E-state index in [0.29, 0.717) is 5.82 Å². The Morgan fingerprint density at radius 1 is 1.67 bits per heavy atom. The smallest absolute Gasteiger partial charge is 0.141 e. The van der Waals surface area contributed by atoms with Crippen molar-refractivity contribution in [3.8, 4) is 0 Å². The fourth-order valence-electron chi connectivity index (χ4n) is 0.456. The van der Waals surface area contributed by atoms with Gasteiger partial charge in [0.05, 0.1) is 0 Å². The second-order valence-electron chi connectivity index (χ2n) is 1.45. The molecule has 0 bridgehead atoms. The van der Waals surface area contributed by atoms with Gasteiger partial charge in [-0.2, -0.15) is 0 Å². The minimum Gasteiger partial charge on any atom is -0.283 e. The lowest BCUT2D eigenvalue weighted by atomic mass is 10.5. The summed E-state index contributed by atoms with van der Waals surface area (Å²) in [6, 6.07) is 3.62. The summed E-state index contributed by atoms with van der Waals surface area (Å²) in [5.41, 5.74) is 0. The second-order valence-corrected chi connectivity index (χ2v) is 2.56. The molecule has 1 heterocycles. The first kappa shape index (κ1) is 6.83. The molecule has 0 atom stereocenters. The highest BCUT2D eigenvalue weighted by molar-refractivity contribution is 9.10. The third-order valence-electron chi connectivity index (χ3n) is 0.819. The van der Waals surface area contributed by atoms with Gasteiger partial charge in [-0.25, -0.2) is 4.98 Å². The van der Waals surface area contributed by atoms with Crippen molar-refractivity contribution in [2.45, 2.75) is 0 Å². The number of aromatic nitrogens is 1. The molecular weight excluding hydrogens is 203 g/mol. The van der Waals surface area contributed by atoms with E-state index in [1.807, 2.05) is 6.07 Å². The lowest BCUT2D eigenvalue weighted by molar-refractivity contribution is 1.32. The van der Waals surface area contributed by atoms with E-state index in [0.717, 1.165) is 4.47 Å². The number of hydrogen-bond donors (Lipinski definition) is 1. The Morgan fingerprint density at radius 2 is 2.44 bits per heavy atom. The first-order chi connectivity index (χ1) is 4.33. The monoisotopic (exact) mass is 206 g/mol. The minimum absolute atomic E-state index is 0.644. The third kappa shape index (κ3) is 1.84.